The lowest BCUT2D eigenvalue weighted by Crippen LogP contribution is -2.42. The Morgan fingerprint density at radius 2 is 2.06 bits per heavy atom. The second kappa shape index (κ2) is 11.2. The molecule has 0 bridgehead atoms. The van der Waals surface area contributed by atoms with Crippen LogP contribution in [0.15, 0.2) is 30.7 Å². The van der Waals surface area contributed by atoms with Crippen LogP contribution in [0.4, 0.5) is 23.2 Å². The molecule has 1 N–H and O–H groups in total. The highest BCUT2D eigenvalue weighted by atomic mass is 32.1. The molecule has 1 fully saturated rings. The summed E-state index contributed by atoms with van der Waals surface area (Å²) in [5, 5.41) is 2.77. The minimum atomic E-state index is -4.57. The SMILES string of the molecule is Cc1nsc(Cc2cnc(C(F)(F)F)cn2)c1C(=O)Nc1ccc(OC2CCCN(CCF)C2)nc1. The number of aryl methyl sites for hydroxylation is 1. The molecule has 8 nitrogen and oxygen atoms in total. The minimum absolute atomic E-state index is 0.0753. The predicted molar refractivity (Wildman–Crippen MR) is 125 cm³/mol. The van der Waals surface area contributed by atoms with Gasteiger partial charge >= 0.3 is 6.18 Å². The molecular formula is C23H24F4N6O2S. The number of pyridine rings is 1. The number of carbonyl (C=O) groups excluding carboxylic acids is 1. The summed E-state index contributed by atoms with van der Waals surface area (Å²) >= 11 is 1.08. The number of anilines is 1. The van der Waals surface area contributed by atoms with Gasteiger partial charge in [0, 0.05) is 36.7 Å². The van der Waals surface area contributed by atoms with E-state index < -0.39 is 24.5 Å². The maximum Gasteiger partial charge on any atom is 0.434 e. The third-order valence-electron chi connectivity index (χ3n) is 5.64. The molecule has 1 atom stereocenters. The topological polar surface area (TPSA) is 93.1 Å². The number of halogens is 4. The lowest BCUT2D eigenvalue weighted by molar-refractivity contribution is -0.141. The Morgan fingerprint density at radius 1 is 1.22 bits per heavy atom. The van der Waals surface area contributed by atoms with Gasteiger partial charge in [-0.3, -0.25) is 14.7 Å². The van der Waals surface area contributed by atoms with Crippen LogP contribution in [0.25, 0.3) is 0 Å². The Balaban J connectivity index is 1.38. The fraction of sp³-hybridized carbons (Fsp3) is 0.435. The van der Waals surface area contributed by atoms with Crippen LogP contribution in [0.2, 0.25) is 0 Å². The van der Waals surface area contributed by atoms with Gasteiger partial charge < -0.3 is 10.1 Å². The number of hydrogen-bond donors (Lipinski definition) is 1. The van der Waals surface area contributed by atoms with Crippen LogP contribution in [0.5, 0.6) is 5.88 Å². The van der Waals surface area contributed by atoms with Crippen molar-refractivity contribution < 1.29 is 27.1 Å². The number of rotatable bonds is 8. The van der Waals surface area contributed by atoms with Gasteiger partial charge in [-0.25, -0.2) is 14.4 Å². The van der Waals surface area contributed by atoms with Gasteiger partial charge in [-0.1, -0.05) is 0 Å². The molecule has 4 heterocycles. The molecule has 3 aromatic heterocycles. The van der Waals surface area contributed by atoms with Crippen molar-refractivity contribution in [2.24, 2.45) is 0 Å². The summed E-state index contributed by atoms with van der Waals surface area (Å²) in [6, 6.07) is 3.32. The normalized spacial score (nSPS) is 16.6. The number of aromatic nitrogens is 4. The van der Waals surface area contributed by atoms with Gasteiger partial charge in [0.1, 0.15) is 12.8 Å². The van der Waals surface area contributed by atoms with Crippen LogP contribution in [-0.4, -0.2) is 62.5 Å². The summed E-state index contributed by atoms with van der Waals surface area (Å²) in [6.45, 7) is 3.17. The number of alkyl halides is 4. The molecule has 13 heteroatoms. The number of nitrogens with zero attached hydrogens (tertiary/aromatic N) is 5. The van der Waals surface area contributed by atoms with E-state index >= 15 is 0 Å². The second-order valence-electron chi connectivity index (χ2n) is 8.34. The van der Waals surface area contributed by atoms with E-state index in [0.717, 1.165) is 37.1 Å². The van der Waals surface area contributed by atoms with Crippen molar-refractivity contribution in [3.05, 3.63) is 58.2 Å². The maximum atomic E-state index is 13.0. The molecule has 0 radical (unpaired) electrons. The van der Waals surface area contributed by atoms with E-state index in [1.54, 1.807) is 19.1 Å². The van der Waals surface area contributed by atoms with Gasteiger partial charge in [0.2, 0.25) is 5.88 Å². The molecule has 0 aliphatic carbocycles. The van der Waals surface area contributed by atoms with Crippen molar-refractivity contribution in [2.45, 2.75) is 38.5 Å². The maximum absolute atomic E-state index is 13.0. The van der Waals surface area contributed by atoms with Crippen molar-refractivity contribution in [1.29, 1.82) is 0 Å². The number of hydrogen-bond acceptors (Lipinski definition) is 8. The molecular weight excluding hydrogens is 500 g/mol. The highest BCUT2D eigenvalue weighted by molar-refractivity contribution is 7.06. The Kier molecular flexibility index (Phi) is 8.09. The van der Waals surface area contributed by atoms with Crippen molar-refractivity contribution in [2.75, 3.05) is 31.6 Å². The van der Waals surface area contributed by atoms with Crippen LogP contribution in [0.3, 0.4) is 0 Å². The Hall–Kier alpha value is -3.19. The first-order chi connectivity index (χ1) is 17.2. The Labute approximate surface area is 208 Å². The monoisotopic (exact) mass is 524 g/mol. The number of likely N-dealkylation sites (tertiary alicyclic amines) is 1. The van der Waals surface area contributed by atoms with Gasteiger partial charge in [0.15, 0.2) is 5.69 Å². The molecule has 36 heavy (non-hydrogen) atoms. The summed E-state index contributed by atoms with van der Waals surface area (Å²) in [4.78, 5) is 27.1. The lowest BCUT2D eigenvalue weighted by Gasteiger charge is -2.31. The van der Waals surface area contributed by atoms with Gasteiger partial charge in [-0.2, -0.15) is 17.5 Å². The highest BCUT2D eigenvalue weighted by Gasteiger charge is 2.33. The standard InChI is InChI=1S/C23H24F4N6O2S/c1-14-21(18(36-32-14)9-16-11-29-19(12-28-16)23(25,26)27)22(34)31-15-4-5-20(30-10-15)35-17-3-2-7-33(13-17)8-6-24/h4-5,10-12,17H,2-3,6-9,13H2,1H3,(H,31,34). The van der Waals surface area contributed by atoms with Gasteiger partial charge in [0.05, 0.1) is 35.0 Å². The summed E-state index contributed by atoms with van der Waals surface area (Å²) in [6.07, 6.45) is 0.450. The lowest BCUT2D eigenvalue weighted by atomic mass is 10.1. The number of piperidine rings is 1. The van der Waals surface area contributed by atoms with E-state index in [-0.39, 0.29) is 18.2 Å². The summed E-state index contributed by atoms with van der Waals surface area (Å²) in [5.74, 6) is -0.00391. The molecule has 192 valence electrons. The van der Waals surface area contributed by atoms with Crippen molar-refractivity contribution >= 4 is 23.1 Å². The summed E-state index contributed by atoms with van der Waals surface area (Å²) < 4.78 is 60.9. The summed E-state index contributed by atoms with van der Waals surface area (Å²) in [7, 11) is 0. The number of ether oxygens (including phenoxy) is 1. The quantitative estimate of drug-likeness (QED) is 0.439. The van der Waals surface area contributed by atoms with Gasteiger partial charge in [0.25, 0.3) is 5.91 Å². The van der Waals surface area contributed by atoms with Gasteiger partial charge in [-0.05, 0) is 43.9 Å². The predicted octanol–water partition coefficient (Wildman–Crippen LogP) is 4.31. The fourth-order valence-corrected chi connectivity index (χ4v) is 4.79. The molecule has 1 amide bonds. The summed E-state index contributed by atoms with van der Waals surface area (Å²) in [5.41, 5.74) is 0.482. The smallest absolute Gasteiger partial charge is 0.434 e. The van der Waals surface area contributed by atoms with Crippen LogP contribution in [0, 0.1) is 6.92 Å². The van der Waals surface area contributed by atoms with E-state index in [4.69, 9.17) is 4.74 Å². The van der Waals surface area contributed by atoms with Crippen molar-refractivity contribution in [3.63, 3.8) is 0 Å². The van der Waals surface area contributed by atoms with E-state index in [0.29, 0.717) is 47.0 Å². The van der Waals surface area contributed by atoms with E-state index in [9.17, 15) is 22.4 Å². The third-order valence-corrected chi connectivity index (χ3v) is 6.58. The van der Waals surface area contributed by atoms with Crippen molar-refractivity contribution in [3.8, 4) is 5.88 Å². The minimum Gasteiger partial charge on any atom is -0.473 e. The first-order valence-corrected chi connectivity index (χ1v) is 12.1. The third kappa shape index (κ3) is 6.52. The van der Waals surface area contributed by atoms with Gasteiger partial charge in [-0.15, -0.1) is 0 Å². The number of amides is 1. The molecule has 0 aromatic carbocycles. The molecule has 1 aliphatic heterocycles. The molecule has 3 aromatic rings. The zero-order valence-electron chi connectivity index (χ0n) is 19.4. The van der Waals surface area contributed by atoms with E-state index in [1.165, 1.54) is 6.20 Å². The largest absolute Gasteiger partial charge is 0.473 e. The highest BCUT2D eigenvalue weighted by Crippen LogP contribution is 2.28. The van der Waals surface area contributed by atoms with E-state index in [1.807, 2.05) is 4.90 Å². The van der Waals surface area contributed by atoms with E-state index in [2.05, 4.69) is 24.6 Å². The second-order valence-corrected chi connectivity index (χ2v) is 9.20. The van der Waals surface area contributed by atoms with Crippen LogP contribution in [0.1, 0.15) is 45.2 Å². The van der Waals surface area contributed by atoms with Crippen LogP contribution in [-0.2, 0) is 12.6 Å². The molecule has 1 saturated heterocycles. The molecule has 1 unspecified atom stereocenters. The first kappa shape index (κ1) is 25.9. The average Bonchev–Trinajstić information content (AvgIpc) is 3.20. The fourth-order valence-electron chi connectivity index (χ4n) is 3.91. The number of nitrogens with one attached hydrogen (secondary N) is 1. The Bertz CT molecular complexity index is 1170. The first-order valence-electron chi connectivity index (χ1n) is 11.3. The molecule has 4 rings (SSSR count). The molecule has 0 spiro atoms. The Morgan fingerprint density at radius 3 is 2.72 bits per heavy atom. The zero-order valence-corrected chi connectivity index (χ0v) is 20.2. The molecule has 0 saturated carbocycles. The van der Waals surface area contributed by atoms with Crippen molar-refractivity contribution in [1.82, 2.24) is 24.2 Å². The average molecular weight is 525 g/mol. The van der Waals surface area contributed by atoms with Crippen LogP contribution >= 0.6 is 11.5 Å². The zero-order chi connectivity index (χ0) is 25.7. The van der Waals surface area contributed by atoms with Crippen LogP contribution < -0.4 is 10.1 Å². The molecule has 1 aliphatic rings. The number of carbonyl (C=O) groups is 1.